The van der Waals surface area contributed by atoms with Crippen molar-refractivity contribution in [2.45, 2.75) is 20.5 Å². The molecule has 0 unspecified atom stereocenters. The molecule has 112 valence electrons. The van der Waals surface area contributed by atoms with E-state index in [2.05, 4.69) is 0 Å². The lowest BCUT2D eigenvalue weighted by Crippen LogP contribution is -2.05. The van der Waals surface area contributed by atoms with Crippen LogP contribution in [-0.2, 0) is 6.61 Å². The summed E-state index contributed by atoms with van der Waals surface area (Å²) < 4.78 is 11.1. The summed E-state index contributed by atoms with van der Waals surface area (Å²) in [6.07, 6.45) is 0. The van der Waals surface area contributed by atoms with Gasteiger partial charge >= 0.3 is 5.63 Å². The lowest BCUT2D eigenvalue weighted by Gasteiger charge is -2.10. The topological polar surface area (TPSA) is 39.4 Å². The van der Waals surface area contributed by atoms with E-state index in [1.807, 2.05) is 26.0 Å². The third-order valence-electron chi connectivity index (χ3n) is 3.73. The molecule has 22 heavy (non-hydrogen) atoms. The van der Waals surface area contributed by atoms with Crippen LogP contribution in [0.1, 0.15) is 16.7 Å². The number of benzene rings is 2. The fourth-order valence-corrected chi connectivity index (χ4v) is 2.46. The summed E-state index contributed by atoms with van der Waals surface area (Å²) in [4.78, 5) is 11.8. The highest BCUT2D eigenvalue weighted by molar-refractivity contribution is 6.30. The lowest BCUT2D eigenvalue weighted by molar-refractivity contribution is 0.306. The van der Waals surface area contributed by atoms with E-state index in [9.17, 15) is 4.79 Å². The standard InChI is InChI=1S/C18H15ClO3/c1-11-3-8-16-13(9-17(20)22-18(16)12(11)2)10-21-15-6-4-14(19)5-7-15/h3-9H,10H2,1-2H3. The van der Waals surface area contributed by atoms with Crippen LogP contribution in [0.3, 0.4) is 0 Å². The Hall–Kier alpha value is -2.26. The largest absolute Gasteiger partial charge is 0.489 e. The maximum atomic E-state index is 11.8. The normalized spacial score (nSPS) is 10.9. The van der Waals surface area contributed by atoms with Crippen LogP contribution in [-0.4, -0.2) is 0 Å². The van der Waals surface area contributed by atoms with Crippen LogP contribution in [0.4, 0.5) is 0 Å². The molecular weight excluding hydrogens is 300 g/mol. The molecule has 3 rings (SSSR count). The molecule has 0 saturated carbocycles. The van der Waals surface area contributed by atoms with Gasteiger partial charge in [-0.15, -0.1) is 0 Å². The number of rotatable bonds is 3. The molecule has 4 heteroatoms. The van der Waals surface area contributed by atoms with Crippen LogP contribution < -0.4 is 10.4 Å². The smallest absolute Gasteiger partial charge is 0.336 e. The Kier molecular flexibility index (Phi) is 3.90. The number of ether oxygens (including phenoxy) is 1. The van der Waals surface area contributed by atoms with Gasteiger partial charge in [-0.3, -0.25) is 0 Å². The molecular formula is C18H15ClO3. The minimum atomic E-state index is -0.365. The van der Waals surface area contributed by atoms with E-state index in [1.165, 1.54) is 6.07 Å². The van der Waals surface area contributed by atoms with Crippen molar-refractivity contribution in [1.29, 1.82) is 0 Å². The van der Waals surface area contributed by atoms with Gasteiger partial charge in [-0.2, -0.15) is 0 Å². The molecule has 0 amide bonds. The van der Waals surface area contributed by atoms with Gasteiger partial charge < -0.3 is 9.15 Å². The summed E-state index contributed by atoms with van der Waals surface area (Å²) >= 11 is 5.85. The molecule has 3 nitrogen and oxygen atoms in total. The highest BCUT2D eigenvalue weighted by atomic mass is 35.5. The first kappa shape index (κ1) is 14.7. The molecule has 0 aliphatic heterocycles. The van der Waals surface area contributed by atoms with Crippen LogP contribution in [0.25, 0.3) is 11.0 Å². The Bertz CT molecular complexity index is 879. The number of fused-ring (bicyclic) bond motifs is 1. The van der Waals surface area contributed by atoms with Gasteiger partial charge in [-0.05, 0) is 49.2 Å². The Morgan fingerprint density at radius 3 is 2.55 bits per heavy atom. The highest BCUT2D eigenvalue weighted by Crippen LogP contribution is 2.24. The third kappa shape index (κ3) is 2.85. The Balaban J connectivity index is 1.98. The minimum absolute atomic E-state index is 0.298. The molecule has 0 fully saturated rings. The van der Waals surface area contributed by atoms with Gasteiger partial charge in [0.15, 0.2) is 0 Å². The second-order valence-electron chi connectivity index (χ2n) is 5.22. The zero-order valence-corrected chi connectivity index (χ0v) is 13.1. The van der Waals surface area contributed by atoms with Crippen LogP contribution in [0.2, 0.25) is 5.02 Å². The second-order valence-corrected chi connectivity index (χ2v) is 5.65. The number of aryl methyl sites for hydroxylation is 2. The third-order valence-corrected chi connectivity index (χ3v) is 3.98. The fraction of sp³-hybridized carbons (Fsp3) is 0.167. The predicted octanol–water partition coefficient (Wildman–Crippen LogP) is 4.64. The van der Waals surface area contributed by atoms with Crippen molar-refractivity contribution < 1.29 is 9.15 Å². The molecule has 0 aliphatic carbocycles. The molecule has 1 heterocycles. The fourth-order valence-electron chi connectivity index (χ4n) is 2.34. The summed E-state index contributed by atoms with van der Waals surface area (Å²) in [6, 6.07) is 12.6. The number of hydrogen-bond donors (Lipinski definition) is 0. The minimum Gasteiger partial charge on any atom is -0.489 e. The molecule has 0 spiro atoms. The summed E-state index contributed by atoms with van der Waals surface area (Å²) in [5.74, 6) is 0.703. The first-order chi connectivity index (χ1) is 10.5. The molecule has 0 saturated heterocycles. The predicted molar refractivity (Wildman–Crippen MR) is 87.7 cm³/mol. The maximum absolute atomic E-state index is 11.8. The van der Waals surface area contributed by atoms with Crippen molar-refractivity contribution in [2.24, 2.45) is 0 Å². The Morgan fingerprint density at radius 1 is 1.09 bits per heavy atom. The van der Waals surface area contributed by atoms with Crippen molar-refractivity contribution in [3.63, 3.8) is 0 Å². The highest BCUT2D eigenvalue weighted by Gasteiger charge is 2.10. The van der Waals surface area contributed by atoms with E-state index in [0.29, 0.717) is 23.0 Å². The maximum Gasteiger partial charge on any atom is 0.336 e. The molecule has 1 aromatic heterocycles. The van der Waals surface area contributed by atoms with Gasteiger partial charge in [0, 0.05) is 22.0 Å². The quantitative estimate of drug-likeness (QED) is 0.661. The van der Waals surface area contributed by atoms with Gasteiger partial charge in [0.2, 0.25) is 0 Å². The van der Waals surface area contributed by atoms with E-state index in [0.717, 1.165) is 22.1 Å². The Labute approximate surface area is 133 Å². The van der Waals surface area contributed by atoms with E-state index in [4.69, 9.17) is 20.8 Å². The van der Waals surface area contributed by atoms with E-state index < -0.39 is 0 Å². The summed E-state index contributed by atoms with van der Waals surface area (Å²) in [6.45, 7) is 4.24. The Morgan fingerprint density at radius 2 is 1.82 bits per heavy atom. The first-order valence-corrected chi connectivity index (χ1v) is 7.34. The van der Waals surface area contributed by atoms with Crippen LogP contribution in [0, 0.1) is 13.8 Å². The van der Waals surface area contributed by atoms with Crippen molar-refractivity contribution in [1.82, 2.24) is 0 Å². The molecule has 0 bridgehead atoms. The van der Waals surface area contributed by atoms with E-state index >= 15 is 0 Å². The molecule has 2 aromatic carbocycles. The zero-order chi connectivity index (χ0) is 15.7. The van der Waals surface area contributed by atoms with Gasteiger partial charge in [-0.25, -0.2) is 4.79 Å². The van der Waals surface area contributed by atoms with Crippen LogP contribution >= 0.6 is 11.6 Å². The second kappa shape index (κ2) is 5.85. The van der Waals surface area contributed by atoms with Crippen molar-refractivity contribution in [3.8, 4) is 5.75 Å². The van der Waals surface area contributed by atoms with Crippen LogP contribution in [0.5, 0.6) is 5.75 Å². The number of halogens is 1. The molecule has 3 aromatic rings. The summed E-state index contributed by atoms with van der Waals surface area (Å²) in [7, 11) is 0. The monoisotopic (exact) mass is 314 g/mol. The summed E-state index contributed by atoms with van der Waals surface area (Å²) in [5, 5.41) is 1.56. The van der Waals surface area contributed by atoms with Crippen LogP contribution in [0.15, 0.2) is 51.7 Å². The molecule has 0 N–H and O–H groups in total. The van der Waals surface area contributed by atoms with Gasteiger partial charge in [0.05, 0.1) is 0 Å². The van der Waals surface area contributed by atoms with E-state index in [1.54, 1.807) is 24.3 Å². The SMILES string of the molecule is Cc1ccc2c(COc3ccc(Cl)cc3)cc(=O)oc2c1C. The first-order valence-electron chi connectivity index (χ1n) is 6.96. The lowest BCUT2D eigenvalue weighted by atomic mass is 10.0. The van der Waals surface area contributed by atoms with Gasteiger partial charge in [0.25, 0.3) is 0 Å². The van der Waals surface area contributed by atoms with Crippen molar-refractivity contribution in [2.75, 3.05) is 0 Å². The molecule has 0 radical (unpaired) electrons. The molecule has 0 atom stereocenters. The molecule has 0 aliphatic rings. The average Bonchev–Trinajstić information content (AvgIpc) is 2.50. The van der Waals surface area contributed by atoms with Gasteiger partial charge in [0.1, 0.15) is 17.9 Å². The zero-order valence-electron chi connectivity index (χ0n) is 12.4. The van der Waals surface area contributed by atoms with Gasteiger partial charge in [-0.1, -0.05) is 23.7 Å². The number of hydrogen-bond acceptors (Lipinski definition) is 3. The summed E-state index contributed by atoms with van der Waals surface area (Å²) in [5.41, 5.74) is 3.14. The van der Waals surface area contributed by atoms with E-state index in [-0.39, 0.29) is 5.63 Å². The average molecular weight is 315 g/mol. The van der Waals surface area contributed by atoms with Crippen molar-refractivity contribution in [3.05, 3.63) is 74.6 Å². The van der Waals surface area contributed by atoms with Crippen molar-refractivity contribution >= 4 is 22.6 Å².